The standard InChI is InChI=1S/C24H24BrCl2NO/c1-17(7-8-18-5-3-2-4-6-18)28-15-20-14-21(25)10-12-24(20)29-16-19-9-11-22(26)23(27)13-19/h2-6,9-14,17,28H,7-8,15-16H2,1H3/t17-/m1/s1. The van der Waals surface area contributed by atoms with Crippen LogP contribution in [0.3, 0.4) is 0 Å². The summed E-state index contributed by atoms with van der Waals surface area (Å²) in [5.41, 5.74) is 3.47. The van der Waals surface area contributed by atoms with Crippen LogP contribution in [-0.2, 0) is 19.6 Å². The predicted molar refractivity (Wildman–Crippen MR) is 126 cm³/mol. The largest absolute Gasteiger partial charge is 0.489 e. The molecule has 0 aliphatic carbocycles. The van der Waals surface area contributed by atoms with Gasteiger partial charge in [0.25, 0.3) is 0 Å². The summed E-state index contributed by atoms with van der Waals surface area (Å²) in [6.45, 7) is 3.40. The second-order valence-corrected chi connectivity index (χ2v) is 8.83. The van der Waals surface area contributed by atoms with E-state index in [9.17, 15) is 0 Å². The van der Waals surface area contributed by atoms with Crippen molar-refractivity contribution in [1.29, 1.82) is 0 Å². The lowest BCUT2D eigenvalue weighted by atomic mass is 10.1. The van der Waals surface area contributed by atoms with Crippen LogP contribution < -0.4 is 10.1 Å². The SMILES string of the molecule is C[C@H](CCc1ccccc1)NCc1cc(Br)ccc1OCc1ccc(Cl)c(Cl)c1. The number of rotatable bonds is 9. The van der Waals surface area contributed by atoms with Gasteiger partial charge in [0.05, 0.1) is 10.0 Å². The third-order valence-electron chi connectivity index (χ3n) is 4.75. The Morgan fingerprint density at radius 2 is 1.72 bits per heavy atom. The first-order valence-corrected chi connectivity index (χ1v) is 11.2. The van der Waals surface area contributed by atoms with Crippen LogP contribution in [0.2, 0.25) is 10.0 Å². The zero-order valence-electron chi connectivity index (χ0n) is 16.3. The number of hydrogen-bond acceptors (Lipinski definition) is 2. The first-order chi connectivity index (χ1) is 14.0. The number of benzene rings is 3. The van der Waals surface area contributed by atoms with Crippen LogP contribution in [0.1, 0.15) is 30.0 Å². The van der Waals surface area contributed by atoms with Crippen LogP contribution in [0, 0.1) is 0 Å². The van der Waals surface area contributed by atoms with Crippen molar-refractivity contribution in [3.8, 4) is 5.75 Å². The van der Waals surface area contributed by atoms with Gasteiger partial charge in [-0.15, -0.1) is 0 Å². The van der Waals surface area contributed by atoms with Gasteiger partial charge in [-0.1, -0.05) is 75.5 Å². The average Bonchev–Trinajstić information content (AvgIpc) is 2.73. The maximum Gasteiger partial charge on any atom is 0.124 e. The highest BCUT2D eigenvalue weighted by Gasteiger charge is 2.09. The maximum absolute atomic E-state index is 6.10. The first kappa shape index (κ1) is 22.2. The van der Waals surface area contributed by atoms with Crippen molar-refractivity contribution in [2.24, 2.45) is 0 Å². The molecule has 0 amide bonds. The molecular formula is C24H24BrCl2NO. The van der Waals surface area contributed by atoms with Gasteiger partial charge < -0.3 is 10.1 Å². The molecule has 3 rings (SSSR count). The van der Waals surface area contributed by atoms with Crippen LogP contribution in [-0.4, -0.2) is 6.04 Å². The normalized spacial score (nSPS) is 12.0. The van der Waals surface area contributed by atoms with Gasteiger partial charge in [0, 0.05) is 22.6 Å². The Bertz CT molecular complexity index is 933. The highest BCUT2D eigenvalue weighted by molar-refractivity contribution is 9.10. The van der Waals surface area contributed by atoms with Gasteiger partial charge in [-0.25, -0.2) is 0 Å². The summed E-state index contributed by atoms with van der Waals surface area (Å²) in [7, 11) is 0. The first-order valence-electron chi connectivity index (χ1n) is 9.63. The minimum absolute atomic E-state index is 0.400. The molecule has 0 radical (unpaired) electrons. The molecule has 1 N–H and O–H groups in total. The highest BCUT2D eigenvalue weighted by Crippen LogP contribution is 2.26. The summed E-state index contributed by atoms with van der Waals surface area (Å²) in [5.74, 6) is 0.863. The quantitative estimate of drug-likeness (QED) is 0.335. The van der Waals surface area contributed by atoms with E-state index < -0.39 is 0 Å². The van der Waals surface area contributed by atoms with Gasteiger partial charge in [0.2, 0.25) is 0 Å². The molecule has 0 heterocycles. The van der Waals surface area contributed by atoms with Gasteiger partial charge in [0.1, 0.15) is 12.4 Å². The smallest absolute Gasteiger partial charge is 0.124 e. The van der Waals surface area contributed by atoms with Gasteiger partial charge in [-0.3, -0.25) is 0 Å². The van der Waals surface area contributed by atoms with E-state index in [1.807, 2.05) is 24.3 Å². The molecular weight excluding hydrogens is 469 g/mol. The van der Waals surface area contributed by atoms with Crippen molar-refractivity contribution in [3.05, 3.63) is 97.9 Å². The fourth-order valence-corrected chi connectivity index (χ4v) is 3.76. The Morgan fingerprint density at radius 3 is 2.48 bits per heavy atom. The van der Waals surface area contributed by atoms with E-state index in [4.69, 9.17) is 27.9 Å². The van der Waals surface area contributed by atoms with E-state index in [2.05, 4.69) is 64.6 Å². The van der Waals surface area contributed by atoms with Crippen molar-refractivity contribution in [2.45, 2.75) is 39.0 Å². The molecule has 0 bridgehead atoms. The van der Waals surface area contributed by atoms with Crippen molar-refractivity contribution in [2.75, 3.05) is 0 Å². The molecule has 0 spiro atoms. The highest BCUT2D eigenvalue weighted by atomic mass is 79.9. The Hall–Kier alpha value is -1.52. The second kappa shape index (κ2) is 11.0. The minimum atomic E-state index is 0.400. The number of halogens is 3. The lowest BCUT2D eigenvalue weighted by molar-refractivity contribution is 0.301. The summed E-state index contributed by atoms with van der Waals surface area (Å²) in [5, 5.41) is 4.70. The van der Waals surface area contributed by atoms with E-state index in [1.54, 1.807) is 6.07 Å². The fourth-order valence-electron chi connectivity index (χ4n) is 3.03. The topological polar surface area (TPSA) is 21.3 Å². The maximum atomic E-state index is 6.10. The monoisotopic (exact) mass is 491 g/mol. The van der Waals surface area contributed by atoms with Crippen LogP contribution in [0.15, 0.2) is 71.2 Å². The molecule has 152 valence electrons. The van der Waals surface area contributed by atoms with Gasteiger partial charge in [-0.2, -0.15) is 0 Å². The average molecular weight is 493 g/mol. The van der Waals surface area contributed by atoms with Gasteiger partial charge in [0.15, 0.2) is 0 Å². The van der Waals surface area contributed by atoms with Crippen molar-refractivity contribution >= 4 is 39.1 Å². The Morgan fingerprint density at radius 1 is 0.931 bits per heavy atom. The molecule has 2 nitrogen and oxygen atoms in total. The van der Waals surface area contributed by atoms with Crippen molar-refractivity contribution in [3.63, 3.8) is 0 Å². The number of ether oxygens (including phenoxy) is 1. The third-order valence-corrected chi connectivity index (χ3v) is 5.98. The summed E-state index contributed by atoms with van der Waals surface area (Å²) in [4.78, 5) is 0. The lowest BCUT2D eigenvalue weighted by Gasteiger charge is -2.17. The molecule has 0 saturated heterocycles. The molecule has 3 aromatic rings. The summed E-state index contributed by atoms with van der Waals surface area (Å²) >= 11 is 15.7. The molecule has 0 aliphatic heterocycles. The Balaban J connectivity index is 1.57. The molecule has 1 atom stereocenters. The number of aryl methyl sites for hydroxylation is 1. The third kappa shape index (κ3) is 7.04. The second-order valence-electron chi connectivity index (χ2n) is 7.10. The Labute approximate surface area is 191 Å². The zero-order valence-corrected chi connectivity index (χ0v) is 19.4. The fraction of sp³-hybridized carbons (Fsp3) is 0.250. The van der Waals surface area contributed by atoms with E-state index in [1.165, 1.54) is 5.56 Å². The molecule has 0 unspecified atom stereocenters. The van der Waals surface area contributed by atoms with E-state index in [-0.39, 0.29) is 0 Å². The van der Waals surface area contributed by atoms with Crippen LogP contribution in [0.4, 0.5) is 0 Å². The molecule has 0 aromatic heterocycles. The molecule has 0 fully saturated rings. The van der Waals surface area contributed by atoms with Gasteiger partial charge >= 0.3 is 0 Å². The summed E-state index contributed by atoms with van der Waals surface area (Å²) in [6, 6.07) is 22.6. The Kier molecular flexibility index (Phi) is 8.43. The van der Waals surface area contributed by atoms with Crippen molar-refractivity contribution < 1.29 is 4.74 Å². The van der Waals surface area contributed by atoms with Crippen LogP contribution in [0.25, 0.3) is 0 Å². The summed E-state index contributed by atoms with van der Waals surface area (Å²) in [6.07, 6.45) is 2.14. The van der Waals surface area contributed by atoms with E-state index in [0.717, 1.165) is 40.7 Å². The number of nitrogens with one attached hydrogen (secondary N) is 1. The van der Waals surface area contributed by atoms with Crippen molar-refractivity contribution in [1.82, 2.24) is 5.32 Å². The van der Waals surface area contributed by atoms with Gasteiger partial charge in [-0.05, 0) is 61.2 Å². The van der Waals surface area contributed by atoms with Crippen LogP contribution >= 0.6 is 39.1 Å². The van der Waals surface area contributed by atoms with E-state index >= 15 is 0 Å². The number of hydrogen-bond donors (Lipinski definition) is 1. The molecule has 0 saturated carbocycles. The summed E-state index contributed by atoms with van der Waals surface area (Å²) < 4.78 is 7.11. The van der Waals surface area contributed by atoms with Crippen LogP contribution in [0.5, 0.6) is 5.75 Å². The minimum Gasteiger partial charge on any atom is -0.489 e. The molecule has 0 aliphatic rings. The molecule has 29 heavy (non-hydrogen) atoms. The molecule has 5 heteroatoms. The van der Waals surface area contributed by atoms with E-state index in [0.29, 0.717) is 22.7 Å². The zero-order chi connectivity index (χ0) is 20.6. The lowest BCUT2D eigenvalue weighted by Crippen LogP contribution is -2.26. The molecule has 3 aromatic carbocycles. The predicted octanol–water partition coefficient (Wildman–Crippen LogP) is 7.45.